The van der Waals surface area contributed by atoms with Crippen molar-refractivity contribution in [2.75, 3.05) is 0 Å². The van der Waals surface area contributed by atoms with Gasteiger partial charge in [-0.15, -0.1) is 0 Å². The molecule has 1 atom stereocenters. The summed E-state index contributed by atoms with van der Waals surface area (Å²) in [5.74, 6) is 4.62. The summed E-state index contributed by atoms with van der Waals surface area (Å²) >= 11 is 3.27. The van der Waals surface area contributed by atoms with E-state index in [4.69, 9.17) is 5.84 Å². The lowest BCUT2D eigenvalue weighted by atomic mass is 9.97. The molecule has 0 bridgehead atoms. The van der Waals surface area contributed by atoms with Crippen LogP contribution in [0.4, 0.5) is 8.78 Å². The predicted octanol–water partition coefficient (Wildman–Crippen LogP) is 3.59. The Morgan fingerprint density at radius 2 is 1.89 bits per heavy atom. The van der Waals surface area contributed by atoms with Crippen LogP contribution in [0.1, 0.15) is 22.7 Å². The van der Waals surface area contributed by atoms with E-state index in [0.29, 0.717) is 10.0 Å². The number of nitrogens with two attached hydrogens (primary N) is 1. The van der Waals surface area contributed by atoms with Crippen LogP contribution in [-0.2, 0) is 0 Å². The molecule has 100 valence electrons. The van der Waals surface area contributed by atoms with E-state index in [1.807, 2.05) is 6.92 Å². The Kier molecular flexibility index (Phi) is 4.29. The first-order valence-electron chi connectivity index (χ1n) is 5.70. The van der Waals surface area contributed by atoms with Crippen molar-refractivity contribution in [3.63, 3.8) is 0 Å². The van der Waals surface area contributed by atoms with Crippen molar-refractivity contribution in [3.8, 4) is 0 Å². The van der Waals surface area contributed by atoms with Gasteiger partial charge in [-0.2, -0.15) is 0 Å². The number of aryl methyl sites for hydroxylation is 1. The van der Waals surface area contributed by atoms with Gasteiger partial charge < -0.3 is 0 Å². The smallest absolute Gasteiger partial charge is 0.129 e. The van der Waals surface area contributed by atoms with Crippen molar-refractivity contribution in [2.45, 2.75) is 13.0 Å². The van der Waals surface area contributed by atoms with E-state index in [9.17, 15) is 8.78 Å². The van der Waals surface area contributed by atoms with Gasteiger partial charge in [0.1, 0.15) is 11.6 Å². The lowest BCUT2D eigenvalue weighted by Crippen LogP contribution is -2.30. The van der Waals surface area contributed by atoms with Crippen LogP contribution in [0.25, 0.3) is 0 Å². The first kappa shape index (κ1) is 14.1. The van der Waals surface area contributed by atoms with Gasteiger partial charge in [-0.05, 0) is 25.1 Å². The zero-order valence-corrected chi connectivity index (χ0v) is 11.8. The molecule has 2 nitrogen and oxygen atoms in total. The molecule has 0 heterocycles. The maximum absolute atomic E-state index is 14.0. The molecular formula is C14H13BrF2N2. The molecule has 5 heteroatoms. The average Bonchev–Trinajstić information content (AvgIpc) is 2.37. The van der Waals surface area contributed by atoms with Crippen molar-refractivity contribution >= 4 is 15.9 Å². The lowest BCUT2D eigenvalue weighted by molar-refractivity contribution is 0.529. The molecule has 0 fully saturated rings. The zero-order valence-electron chi connectivity index (χ0n) is 10.3. The quantitative estimate of drug-likeness (QED) is 0.668. The number of hydrogen-bond acceptors (Lipinski definition) is 2. The first-order valence-corrected chi connectivity index (χ1v) is 6.50. The summed E-state index contributed by atoms with van der Waals surface area (Å²) in [7, 11) is 0. The second-order valence-electron chi connectivity index (χ2n) is 4.26. The molecule has 2 aromatic carbocycles. The van der Waals surface area contributed by atoms with Crippen molar-refractivity contribution in [3.05, 3.63) is 69.2 Å². The highest BCUT2D eigenvalue weighted by molar-refractivity contribution is 9.10. The number of hydrogen-bond donors (Lipinski definition) is 2. The minimum atomic E-state index is -0.754. The highest BCUT2D eigenvalue weighted by Crippen LogP contribution is 2.31. The normalized spacial score (nSPS) is 12.5. The Balaban J connectivity index is 2.59. The van der Waals surface area contributed by atoms with Crippen molar-refractivity contribution in [2.24, 2.45) is 5.84 Å². The van der Waals surface area contributed by atoms with E-state index in [2.05, 4.69) is 21.4 Å². The van der Waals surface area contributed by atoms with Gasteiger partial charge in [-0.1, -0.05) is 39.7 Å². The average molecular weight is 327 g/mol. The Morgan fingerprint density at radius 3 is 2.53 bits per heavy atom. The molecular weight excluding hydrogens is 314 g/mol. The standard InChI is InChI=1S/C14H13BrF2N2/c1-8-5-6-11(16)9(7-8)14(19-18)13-10(15)3-2-4-12(13)17/h2-7,14,19H,18H2,1H3. The topological polar surface area (TPSA) is 38.0 Å². The summed E-state index contributed by atoms with van der Waals surface area (Å²) in [6, 6.07) is 8.48. The third-order valence-corrected chi connectivity index (χ3v) is 3.61. The molecule has 19 heavy (non-hydrogen) atoms. The van der Waals surface area contributed by atoms with Gasteiger partial charge in [-0.3, -0.25) is 5.84 Å². The van der Waals surface area contributed by atoms with Gasteiger partial charge in [0.15, 0.2) is 0 Å². The van der Waals surface area contributed by atoms with Gasteiger partial charge in [0.25, 0.3) is 0 Å². The molecule has 0 spiro atoms. The van der Waals surface area contributed by atoms with Crippen molar-refractivity contribution in [1.29, 1.82) is 0 Å². The number of nitrogens with one attached hydrogen (secondary N) is 1. The molecule has 0 saturated carbocycles. The van der Waals surface area contributed by atoms with E-state index >= 15 is 0 Å². The van der Waals surface area contributed by atoms with E-state index in [1.165, 1.54) is 12.1 Å². The highest BCUT2D eigenvalue weighted by Gasteiger charge is 2.22. The van der Waals surface area contributed by atoms with Crippen LogP contribution in [0.2, 0.25) is 0 Å². The van der Waals surface area contributed by atoms with Crippen LogP contribution in [0, 0.1) is 18.6 Å². The summed E-state index contributed by atoms with van der Waals surface area (Å²) in [5, 5.41) is 0. The van der Waals surface area contributed by atoms with Crippen LogP contribution in [-0.4, -0.2) is 0 Å². The van der Waals surface area contributed by atoms with E-state index in [-0.39, 0.29) is 5.56 Å². The van der Waals surface area contributed by atoms with Crippen LogP contribution in [0.3, 0.4) is 0 Å². The van der Waals surface area contributed by atoms with Gasteiger partial charge in [0.05, 0.1) is 6.04 Å². The summed E-state index contributed by atoms with van der Waals surface area (Å²) in [4.78, 5) is 0. The number of halogens is 3. The minimum absolute atomic E-state index is 0.287. The first-order chi connectivity index (χ1) is 9.04. The summed E-state index contributed by atoms with van der Waals surface area (Å²) in [6.07, 6.45) is 0. The summed E-state index contributed by atoms with van der Waals surface area (Å²) < 4.78 is 28.4. The Morgan fingerprint density at radius 1 is 1.16 bits per heavy atom. The Hall–Kier alpha value is -1.30. The van der Waals surface area contributed by atoms with Crippen molar-refractivity contribution in [1.82, 2.24) is 5.43 Å². The molecule has 0 aliphatic carbocycles. The summed E-state index contributed by atoms with van der Waals surface area (Å²) in [6.45, 7) is 1.84. The zero-order chi connectivity index (χ0) is 14.0. The number of benzene rings is 2. The molecule has 2 aromatic rings. The second kappa shape index (κ2) is 5.77. The van der Waals surface area contributed by atoms with Gasteiger partial charge in [0.2, 0.25) is 0 Å². The largest absolute Gasteiger partial charge is 0.271 e. The minimum Gasteiger partial charge on any atom is -0.271 e. The second-order valence-corrected chi connectivity index (χ2v) is 5.11. The van der Waals surface area contributed by atoms with Gasteiger partial charge in [-0.25, -0.2) is 14.2 Å². The molecule has 3 N–H and O–H groups in total. The predicted molar refractivity (Wildman–Crippen MR) is 74.4 cm³/mol. The molecule has 0 saturated heterocycles. The molecule has 2 rings (SSSR count). The SMILES string of the molecule is Cc1ccc(F)c(C(NN)c2c(F)cccc2Br)c1. The highest BCUT2D eigenvalue weighted by atomic mass is 79.9. The number of rotatable bonds is 3. The lowest BCUT2D eigenvalue weighted by Gasteiger charge is -2.20. The van der Waals surface area contributed by atoms with Crippen LogP contribution >= 0.6 is 15.9 Å². The van der Waals surface area contributed by atoms with E-state index in [1.54, 1.807) is 24.3 Å². The molecule has 0 radical (unpaired) electrons. The van der Waals surface area contributed by atoms with Gasteiger partial charge in [0, 0.05) is 15.6 Å². The fraction of sp³-hybridized carbons (Fsp3) is 0.143. The Labute approximate surface area is 118 Å². The summed E-state index contributed by atoms with van der Waals surface area (Å²) in [5.41, 5.74) is 3.95. The van der Waals surface area contributed by atoms with Gasteiger partial charge >= 0.3 is 0 Å². The monoisotopic (exact) mass is 326 g/mol. The van der Waals surface area contributed by atoms with E-state index in [0.717, 1.165) is 5.56 Å². The third kappa shape index (κ3) is 2.83. The van der Waals surface area contributed by atoms with Crippen molar-refractivity contribution < 1.29 is 8.78 Å². The molecule has 0 aromatic heterocycles. The molecule has 0 aliphatic heterocycles. The molecule has 1 unspecified atom stereocenters. The van der Waals surface area contributed by atoms with Crippen LogP contribution in [0.5, 0.6) is 0 Å². The van der Waals surface area contributed by atoms with Crippen LogP contribution < -0.4 is 11.3 Å². The maximum atomic E-state index is 14.0. The van der Waals surface area contributed by atoms with Crippen LogP contribution in [0.15, 0.2) is 40.9 Å². The van der Waals surface area contributed by atoms with E-state index < -0.39 is 17.7 Å². The maximum Gasteiger partial charge on any atom is 0.129 e. The molecule has 0 amide bonds. The Bertz CT molecular complexity index is 582. The fourth-order valence-electron chi connectivity index (χ4n) is 2.00. The number of hydrazine groups is 1. The third-order valence-electron chi connectivity index (χ3n) is 2.92. The fourth-order valence-corrected chi connectivity index (χ4v) is 2.57. The molecule has 0 aliphatic rings.